The molecule has 0 bridgehead atoms. The van der Waals surface area contributed by atoms with Gasteiger partial charge in [0.15, 0.2) is 0 Å². The molecule has 6 nitrogen and oxygen atoms in total. The molecule has 0 radical (unpaired) electrons. The number of carbonyl (C=O) groups is 1. The third-order valence-corrected chi connectivity index (χ3v) is 4.76. The van der Waals surface area contributed by atoms with Gasteiger partial charge in [0.1, 0.15) is 15.7 Å². The molecular weight excluding hydrogens is 318 g/mol. The molecule has 2 aromatic heterocycles. The first-order valence-electron chi connectivity index (χ1n) is 6.54. The number of thiazole rings is 1. The topological polar surface area (TPSA) is 93.8 Å². The van der Waals surface area contributed by atoms with E-state index in [0.29, 0.717) is 15.8 Å². The van der Waals surface area contributed by atoms with Crippen LogP contribution in [0.3, 0.4) is 0 Å². The van der Waals surface area contributed by atoms with Gasteiger partial charge in [-0.15, -0.1) is 21.5 Å². The first-order chi connectivity index (χ1) is 10.6. The van der Waals surface area contributed by atoms with Gasteiger partial charge in [0.05, 0.1) is 6.04 Å². The number of carbonyl (C=O) groups excluding carboxylic acids is 1. The summed E-state index contributed by atoms with van der Waals surface area (Å²) >= 11 is 2.70. The van der Waals surface area contributed by atoms with Crippen LogP contribution in [0.25, 0.3) is 10.6 Å². The van der Waals surface area contributed by atoms with Crippen molar-refractivity contribution < 1.29 is 4.79 Å². The maximum Gasteiger partial charge on any atom is 0.271 e. The quantitative estimate of drug-likeness (QED) is 0.766. The zero-order chi connectivity index (χ0) is 15.5. The normalized spacial score (nSPS) is 12.0. The van der Waals surface area contributed by atoms with Gasteiger partial charge in [0.2, 0.25) is 5.13 Å². The SMILES string of the molecule is CC(NC(=O)c1csc(-c2ccccc2)n1)c1nnc(N)s1. The molecule has 2 heterocycles. The van der Waals surface area contributed by atoms with Crippen molar-refractivity contribution in [2.75, 3.05) is 5.73 Å². The third-order valence-electron chi connectivity index (χ3n) is 2.93. The van der Waals surface area contributed by atoms with Crippen molar-refractivity contribution >= 4 is 33.7 Å². The third kappa shape index (κ3) is 3.12. The van der Waals surface area contributed by atoms with Crippen LogP contribution in [-0.2, 0) is 0 Å². The second-order valence-electron chi connectivity index (χ2n) is 4.58. The number of nitrogens with two attached hydrogens (primary N) is 1. The van der Waals surface area contributed by atoms with Crippen LogP contribution in [0.2, 0.25) is 0 Å². The zero-order valence-electron chi connectivity index (χ0n) is 11.7. The zero-order valence-corrected chi connectivity index (χ0v) is 13.3. The Morgan fingerprint density at radius 1 is 1.27 bits per heavy atom. The van der Waals surface area contributed by atoms with Crippen LogP contribution in [-0.4, -0.2) is 21.1 Å². The number of aromatic nitrogens is 3. The monoisotopic (exact) mass is 331 g/mol. The molecule has 3 aromatic rings. The number of nitrogens with one attached hydrogen (secondary N) is 1. The lowest BCUT2D eigenvalue weighted by atomic mass is 10.2. The minimum atomic E-state index is -0.260. The summed E-state index contributed by atoms with van der Waals surface area (Å²) in [5, 5.41) is 14.1. The van der Waals surface area contributed by atoms with Crippen molar-refractivity contribution in [2.45, 2.75) is 13.0 Å². The molecule has 0 aliphatic carbocycles. The predicted octanol–water partition coefficient (Wildman–Crippen LogP) is 2.73. The van der Waals surface area contributed by atoms with E-state index in [0.717, 1.165) is 10.6 Å². The van der Waals surface area contributed by atoms with Gasteiger partial charge in [0.25, 0.3) is 5.91 Å². The van der Waals surface area contributed by atoms with Gasteiger partial charge in [-0.2, -0.15) is 0 Å². The summed E-state index contributed by atoms with van der Waals surface area (Å²) in [5.41, 5.74) is 6.94. The number of nitrogen functional groups attached to an aromatic ring is 1. The Balaban J connectivity index is 1.72. The minimum absolute atomic E-state index is 0.236. The highest BCUT2D eigenvalue weighted by Gasteiger charge is 2.17. The number of anilines is 1. The van der Waals surface area contributed by atoms with Gasteiger partial charge in [-0.25, -0.2) is 4.98 Å². The number of amides is 1. The maximum absolute atomic E-state index is 12.2. The highest BCUT2D eigenvalue weighted by atomic mass is 32.1. The van der Waals surface area contributed by atoms with Crippen molar-refractivity contribution in [3.05, 3.63) is 46.4 Å². The highest BCUT2D eigenvalue weighted by Crippen LogP contribution is 2.24. The lowest BCUT2D eigenvalue weighted by Gasteiger charge is -2.08. The van der Waals surface area contributed by atoms with Crippen molar-refractivity contribution in [2.24, 2.45) is 0 Å². The fraction of sp³-hybridized carbons (Fsp3) is 0.143. The molecule has 3 rings (SSSR count). The van der Waals surface area contributed by atoms with Crippen molar-refractivity contribution in [3.63, 3.8) is 0 Å². The first kappa shape index (κ1) is 14.6. The Bertz CT molecular complexity index is 783. The summed E-state index contributed by atoms with van der Waals surface area (Å²) in [6, 6.07) is 9.50. The average molecular weight is 331 g/mol. The molecule has 0 aliphatic rings. The predicted molar refractivity (Wildman–Crippen MR) is 87.8 cm³/mol. The van der Waals surface area contributed by atoms with Crippen LogP contribution < -0.4 is 11.1 Å². The molecule has 1 unspecified atom stereocenters. The largest absolute Gasteiger partial charge is 0.374 e. The van der Waals surface area contributed by atoms with Crippen LogP contribution in [0.5, 0.6) is 0 Å². The van der Waals surface area contributed by atoms with E-state index in [-0.39, 0.29) is 11.9 Å². The van der Waals surface area contributed by atoms with Crippen molar-refractivity contribution in [1.82, 2.24) is 20.5 Å². The van der Waals surface area contributed by atoms with Gasteiger partial charge in [0, 0.05) is 10.9 Å². The Morgan fingerprint density at radius 3 is 2.73 bits per heavy atom. The Labute approximate surface area is 135 Å². The van der Waals surface area contributed by atoms with Crippen molar-refractivity contribution in [1.29, 1.82) is 0 Å². The van der Waals surface area contributed by atoms with Crippen LogP contribution >= 0.6 is 22.7 Å². The van der Waals surface area contributed by atoms with E-state index in [1.807, 2.05) is 37.3 Å². The lowest BCUT2D eigenvalue weighted by molar-refractivity contribution is 0.0935. The van der Waals surface area contributed by atoms with E-state index in [4.69, 9.17) is 5.73 Å². The lowest BCUT2D eigenvalue weighted by Crippen LogP contribution is -2.26. The average Bonchev–Trinajstić information content (AvgIpc) is 3.17. The van der Waals surface area contributed by atoms with E-state index in [9.17, 15) is 4.79 Å². The fourth-order valence-electron chi connectivity index (χ4n) is 1.85. The Hall–Kier alpha value is -2.32. The number of benzene rings is 1. The fourth-order valence-corrected chi connectivity index (χ4v) is 3.26. The van der Waals surface area contributed by atoms with Gasteiger partial charge in [-0.1, -0.05) is 41.7 Å². The molecule has 112 valence electrons. The second-order valence-corrected chi connectivity index (χ2v) is 6.48. The van der Waals surface area contributed by atoms with Gasteiger partial charge in [-0.05, 0) is 6.92 Å². The molecular formula is C14H13N5OS2. The second kappa shape index (κ2) is 6.20. The first-order valence-corrected chi connectivity index (χ1v) is 8.24. The summed E-state index contributed by atoms with van der Waals surface area (Å²) < 4.78 is 0. The molecule has 22 heavy (non-hydrogen) atoms. The standard InChI is InChI=1S/C14H13N5OS2/c1-8(12-18-19-14(15)22-12)16-11(20)10-7-21-13(17-10)9-5-3-2-4-6-9/h2-8H,1H3,(H2,15,19)(H,16,20). The van der Waals surface area contributed by atoms with Crippen LogP contribution in [0.1, 0.15) is 28.5 Å². The molecule has 1 atom stereocenters. The van der Waals surface area contributed by atoms with Gasteiger partial charge in [-0.3, -0.25) is 4.79 Å². The summed E-state index contributed by atoms with van der Waals surface area (Å²) in [6.07, 6.45) is 0. The van der Waals surface area contributed by atoms with E-state index >= 15 is 0 Å². The summed E-state index contributed by atoms with van der Waals surface area (Å²) in [6.45, 7) is 1.84. The molecule has 8 heteroatoms. The summed E-state index contributed by atoms with van der Waals surface area (Å²) in [5.74, 6) is -0.236. The minimum Gasteiger partial charge on any atom is -0.374 e. The number of rotatable bonds is 4. The Morgan fingerprint density at radius 2 is 2.05 bits per heavy atom. The smallest absolute Gasteiger partial charge is 0.271 e. The molecule has 3 N–H and O–H groups in total. The number of hydrogen-bond acceptors (Lipinski definition) is 7. The van der Waals surface area contributed by atoms with Crippen LogP contribution in [0.4, 0.5) is 5.13 Å². The van der Waals surface area contributed by atoms with Crippen molar-refractivity contribution in [3.8, 4) is 10.6 Å². The molecule has 1 amide bonds. The summed E-state index contributed by atoms with van der Waals surface area (Å²) in [4.78, 5) is 16.6. The Kier molecular flexibility index (Phi) is 4.12. The van der Waals surface area contributed by atoms with E-state index < -0.39 is 0 Å². The van der Waals surface area contributed by atoms with Gasteiger partial charge < -0.3 is 11.1 Å². The summed E-state index contributed by atoms with van der Waals surface area (Å²) in [7, 11) is 0. The molecule has 0 aliphatic heterocycles. The number of hydrogen-bond donors (Lipinski definition) is 2. The molecule has 0 spiro atoms. The maximum atomic E-state index is 12.2. The van der Waals surface area contributed by atoms with Crippen LogP contribution in [0.15, 0.2) is 35.7 Å². The number of nitrogens with zero attached hydrogens (tertiary/aromatic N) is 3. The highest BCUT2D eigenvalue weighted by molar-refractivity contribution is 7.15. The molecule has 1 aromatic carbocycles. The molecule has 0 saturated heterocycles. The molecule has 0 saturated carbocycles. The van der Waals surface area contributed by atoms with Crippen LogP contribution in [0, 0.1) is 0 Å². The van der Waals surface area contributed by atoms with Gasteiger partial charge >= 0.3 is 0 Å². The van der Waals surface area contributed by atoms with E-state index in [2.05, 4.69) is 20.5 Å². The van der Waals surface area contributed by atoms with E-state index in [1.165, 1.54) is 22.7 Å². The van der Waals surface area contributed by atoms with E-state index in [1.54, 1.807) is 5.38 Å². The molecule has 0 fully saturated rings.